The Morgan fingerprint density at radius 2 is 2.19 bits per heavy atom. The second kappa shape index (κ2) is 4.81. The number of aliphatic hydroxyl groups excluding tert-OH is 3. The molecule has 4 N–H and O–H groups in total. The van der Waals surface area contributed by atoms with Crippen LogP contribution < -0.4 is 0 Å². The van der Waals surface area contributed by atoms with Gasteiger partial charge >= 0.3 is 11.9 Å². The van der Waals surface area contributed by atoms with Crippen LogP contribution in [0, 0.1) is 0 Å². The minimum absolute atomic E-state index is 0.492. The van der Waals surface area contributed by atoms with Crippen molar-refractivity contribution in [3.63, 3.8) is 0 Å². The normalized spacial score (nSPS) is 21.9. The summed E-state index contributed by atoms with van der Waals surface area (Å²) in [7, 11) is 0. The fourth-order valence-electron chi connectivity index (χ4n) is 1.10. The van der Waals surface area contributed by atoms with Gasteiger partial charge in [-0.05, 0) is 0 Å². The lowest BCUT2D eigenvalue weighted by atomic mass is 10.2. The molecule has 2 atom stereocenters. The maximum atomic E-state index is 10.9. The lowest BCUT2D eigenvalue weighted by Gasteiger charge is -2.17. The Labute approximate surface area is 89.3 Å². The minimum Gasteiger partial charge on any atom is -0.499 e. The van der Waals surface area contributed by atoms with E-state index in [-0.39, 0.29) is 0 Å². The largest absolute Gasteiger partial charge is 0.499 e. The molecule has 0 saturated carbocycles. The molecular formula is C8H10O8. The van der Waals surface area contributed by atoms with Crippen molar-refractivity contribution in [3.05, 3.63) is 11.5 Å². The number of aliphatic hydroxyl groups is 3. The van der Waals surface area contributed by atoms with Gasteiger partial charge in [-0.3, -0.25) is 0 Å². The van der Waals surface area contributed by atoms with Crippen molar-refractivity contribution in [1.82, 2.24) is 0 Å². The van der Waals surface area contributed by atoms with Crippen molar-refractivity contribution < 1.29 is 39.5 Å². The van der Waals surface area contributed by atoms with E-state index in [2.05, 4.69) is 9.47 Å². The third kappa shape index (κ3) is 2.41. The molecule has 8 nitrogen and oxygen atoms in total. The number of hydrogen-bond acceptors (Lipinski definition) is 7. The van der Waals surface area contributed by atoms with Crippen LogP contribution in [0.15, 0.2) is 11.5 Å². The number of carbonyl (C=O) groups excluding carboxylic acids is 1. The molecule has 8 heteroatoms. The summed E-state index contributed by atoms with van der Waals surface area (Å²) in [4.78, 5) is 21.1. The van der Waals surface area contributed by atoms with Gasteiger partial charge in [-0.15, -0.1) is 0 Å². The van der Waals surface area contributed by atoms with Gasteiger partial charge < -0.3 is 29.9 Å². The van der Waals surface area contributed by atoms with E-state index in [1.807, 2.05) is 0 Å². The van der Waals surface area contributed by atoms with Crippen molar-refractivity contribution >= 4 is 11.9 Å². The van der Waals surface area contributed by atoms with Crippen LogP contribution >= 0.6 is 0 Å². The maximum Gasteiger partial charge on any atom is 0.378 e. The summed E-state index contributed by atoms with van der Waals surface area (Å²) in [6.45, 7) is -1.53. The quantitative estimate of drug-likeness (QED) is 0.407. The molecule has 0 aromatic carbocycles. The van der Waals surface area contributed by atoms with Crippen LogP contribution in [-0.4, -0.2) is 57.8 Å². The first-order valence-electron chi connectivity index (χ1n) is 4.25. The predicted molar refractivity (Wildman–Crippen MR) is 46.2 cm³/mol. The van der Waals surface area contributed by atoms with E-state index >= 15 is 0 Å². The number of carboxylic acids is 1. The number of carboxylic acid groups (broad SMARTS) is 1. The van der Waals surface area contributed by atoms with Crippen LogP contribution in [0.1, 0.15) is 0 Å². The van der Waals surface area contributed by atoms with Crippen molar-refractivity contribution in [2.75, 3.05) is 13.2 Å². The SMILES string of the molecule is O=C(O)COC1=C(O)C(=O)O[C@@H]1[C@@H](O)CO. The molecular weight excluding hydrogens is 224 g/mol. The fourth-order valence-corrected chi connectivity index (χ4v) is 1.10. The first-order valence-corrected chi connectivity index (χ1v) is 4.25. The number of esters is 1. The topological polar surface area (TPSA) is 134 Å². The highest BCUT2D eigenvalue weighted by atomic mass is 16.6. The Hall–Kier alpha value is -1.80. The summed E-state index contributed by atoms with van der Waals surface area (Å²) in [6.07, 6.45) is -2.88. The molecule has 0 aromatic rings. The Morgan fingerprint density at radius 1 is 1.56 bits per heavy atom. The molecule has 90 valence electrons. The van der Waals surface area contributed by atoms with Gasteiger partial charge in [-0.25, -0.2) is 9.59 Å². The van der Waals surface area contributed by atoms with E-state index in [0.29, 0.717) is 0 Å². The number of hydrogen-bond donors (Lipinski definition) is 4. The first kappa shape index (κ1) is 12.3. The molecule has 0 unspecified atom stereocenters. The maximum absolute atomic E-state index is 10.9. The summed E-state index contributed by atoms with van der Waals surface area (Å²) in [5.41, 5.74) is 0. The zero-order valence-electron chi connectivity index (χ0n) is 7.99. The molecule has 0 radical (unpaired) electrons. The van der Waals surface area contributed by atoms with Crippen LogP contribution in [0.2, 0.25) is 0 Å². The second-order valence-corrected chi connectivity index (χ2v) is 2.97. The molecule has 16 heavy (non-hydrogen) atoms. The summed E-state index contributed by atoms with van der Waals surface area (Å²) in [6, 6.07) is 0. The third-order valence-electron chi connectivity index (χ3n) is 1.81. The van der Waals surface area contributed by atoms with Crippen molar-refractivity contribution in [1.29, 1.82) is 0 Å². The number of cyclic esters (lactones) is 1. The Kier molecular flexibility index (Phi) is 3.69. The molecule has 0 spiro atoms. The number of rotatable bonds is 5. The van der Waals surface area contributed by atoms with Gasteiger partial charge in [0.05, 0.1) is 6.61 Å². The average Bonchev–Trinajstić information content (AvgIpc) is 2.52. The van der Waals surface area contributed by atoms with Gasteiger partial charge in [0, 0.05) is 0 Å². The Morgan fingerprint density at radius 3 is 2.69 bits per heavy atom. The first-order chi connectivity index (χ1) is 7.47. The highest BCUT2D eigenvalue weighted by molar-refractivity contribution is 5.89. The summed E-state index contributed by atoms with van der Waals surface area (Å²) in [5.74, 6) is -3.86. The van der Waals surface area contributed by atoms with Crippen molar-refractivity contribution in [3.8, 4) is 0 Å². The van der Waals surface area contributed by atoms with Gasteiger partial charge in [-0.2, -0.15) is 0 Å². The summed E-state index contributed by atoms with van der Waals surface area (Å²) in [5, 5.41) is 35.4. The molecule has 0 fully saturated rings. The van der Waals surface area contributed by atoms with Crippen LogP contribution in [0.25, 0.3) is 0 Å². The lowest BCUT2D eigenvalue weighted by Crippen LogP contribution is -2.32. The summed E-state index contributed by atoms with van der Waals surface area (Å²) < 4.78 is 9.08. The standard InChI is InChI=1S/C8H10O8/c9-1-3(10)6-7(15-2-4(11)12)5(13)8(14)16-6/h3,6,9-10,13H,1-2H2,(H,11,12)/t3-,6+/m0/s1. The van der Waals surface area contributed by atoms with E-state index in [0.717, 1.165) is 0 Å². The van der Waals surface area contributed by atoms with E-state index in [1.54, 1.807) is 0 Å². The van der Waals surface area contributed by atoms with Gasteiger partial charge in [0.1, 0.15) is 6.10 Å². The fraction of sp³-hybridized carbons (Fsp3) is 0.500. The Bertz CT molecular complexity index is 333. The second-order valence-electron chi connectivity index (χ2n) is 2.97. The smallest absolute Gasteiger partial charge is 0.378 e. The monoisotopic (exact) mass is 234 g/mol. The molecule has 1 aliphatic rings. The molecule has 1 rings (SSSR count). The molecule has 0 amide bonds. The van der Waals surface area contributed by atoms with Crippen molar-refractivity contribution in [2.24, 2.45) is 0 Å². The van der Waals surface area contributed by atoms with E-state index in [4.69, 9.17) is 10.2 Å². The minimum atomic E-state index is -1.49. The zero-order valence-corrected chi connectivity index (χ0v) is 7.99. The highest BCUT2D eigenvalue weighted by Crippen LogP contribution is 2.24. The molecule has 0 aliphatic carbocycles. The van der Waals surface area contributed by atoms with E-state index in [9.17, 15) is 19.8 Å². The average molecular weight is 234 g/mol. The lowest BCUT2D eigenvalue weighted by molar-refractivity contribution is -0.148. The van der Waals surface area contributed by atoms with Crippen LogP contribution in [-0.2, 0) is 19.1 Å². The van der Waals surface area contributed by atoms with Crippen LogP contribution in [0.5, 0.6) is 0 Å². The van der Waals surface area contributed by atoms with E-state index < -0.39 is 48.9 Å². The number of ether oxygens (including phenoxy) is 2. The van der Waals surface area contributed by atoms with Crippen molar-refractivity contribution in [2.45, 2.75) is 12.2 Å². The molecule has 0 bridgehead atoms. The van der Waals surface area contributed by atoms with Gasteiger partial charge in [0.15, 0.2) is 18.5 Å². The third-order valence-corrected chi connectivity index (χ3v) is 1.81. The number of carbonyl (C=O) groups is 2. The molecule has 1 heterocycles. The van der Waals surface area contributed by atoms with Crippen LogP contribution in [0.3, 0.4) is 0 Å². The molecule has 0 saturated heterocycles. The highest BCUT2D eigenvalue weighted by Gasteiger charge is 2.40. The van der Waals surface area contributed by atoms with Gasteiger partial charge in [0.2, 0.25) is 5.76 Å². The Balaban J connectivity index is 2.80. The van der Waals surface area contributed by atoms with Gasteiger partial charge in [0.25, 0.3) is 0 Å². The predicted octanol–water partition coefficient (Wildman–Crippen LogP) is -1.86. The molecule has 1 aliphatic heterocycles. The number of aliphatic carboxylic acids is 1. The molecule has 0 aromatic heterocycles. The van der Waals surface area contributed by atoms with E-state index in [1.165, 1.54) is 0 Å². The summed E-state index contributed by atoms with van der Waals surface area (Å²) >= 11 is 0. The van der Waals surface area contributed by atoms with Crippen LogP contribution in [0.4, 0.5) is 0 Å². The zero-order chi connectivity index (χ0) is 12.3. The van der Waals surface area contributed by atoms with Gasteiger partial charge in [-0.1, -0.05) is 0 Å².